The Morgan fingerprint density at radius 2 is 1.96 bits per heavy atom. The van der Waals surface area contributed by atoms with Crippen molar-refractivity contribution >= 4 is 23.4 Å². The lowest BCUT2D eigenvalue weighted by atomic mass is 9.83. The number of benzene rings is 1. The number of likely N-dealkylation sites (tertiary alicyclic amines) is 2. The molecule has 0 bridgehead atoms. The molecule has 242 valence electrons. The van der Waals surface area contributed by atoms with Crippen molar-refractivity contribution in [1.82, 2.24) is 19.8 Å². The van der Waals surface area contributed by atoms with Gasteiger partial charge in [-0.25, -0.2) is 4.98 Å². The van der Waals surface area contributed by atoms with Crippen LogP contribution in [0.5, 0.6) is 0 Å². The van der Waals surface area contributed by atoms with Gasteiger partial charge in [0, 0.05) is 63.5 Å². The summed E-state index contributed by atoms with van der Waals surface area (Å²) in [5.41, 5.74) is 1.35. The molecular formula is C32H40F3N7O3. The summed E-state index contributed by atoms with van der Waals surface area (Å²) in [6.45, 7) is 7.10. The van der Waals surface area contributed by atoms with E-state index in [0.717, 1.165) is 62.9 Å². The highest BCUT2D eigenvalue weighted by atomic mass is 19.4. The van der Waals surface area contributed by atoms with Crippen LogP contribution in [0, 0.1) is 0 Å². The van der Waals surface area contributed by atoms with Crippen LogP contribution in [0.15, 0.2) is 48.3 Å². The second-order valence-corrected chi connectivity index (χ2v) is 12.7. The molecule has 0 spiro atoms. The first kappa shape index (κ1) is 31.3. The second-order valence-electron chi connectivity index (χ2n) is 12.7. The van der Waals surface area contributed by atoms with Crippen LogP contribution in [0.4, 0.5) is 30.6 Å². The number of piperidine rings is 1. The lowest BCUT2D eigenvalue weighted by molar-refractivity contribution is -0.137. The van der Waals surface area contributed by atoms with Gasteiger partial charge in [-0.1, -0.05) is 18.2 Å². The van der Waals surface area contributed by atoms with Gasteiger partial charge in [-0.3, -0.25) is 9.69 Å². The number of hydrogen-bond donors (Lipinski definition) is 4. The average Bonchev–Trinajstić information content (AvgIpc) is 3.55. The molecule has 4 aliphatic rings. The van der Waals surface area contributed by atoms with E-state index in [1.54, 1.807) is 39.2 Å². The molecule has 1 amide bonds. The number of rotatable bonds is 8. The van der Waals surface area contributed by atoms with E-state index < -0.39 is 29.3 Å². The number of anilines is 3. The number of carbonyl (C=O) groups is 1. The van der Waals surface area contributed by atoms with Crippen molar-refractivity contribution in [3.8, 4) is 0 Å². The Labute approximate surface area is 260 Å². The summed E-state index contributed by atoms with van der Waals surface area (Å²) in [6.07, 6.45) is 4.32. The monoisotopic (exact) mass is 627 g/mol. The van der Waals surface area contributed by atoms with Gasteiger partial charge in [0.2, 0.25) is 11.9 Å². The highest BCUT2D eigenvalue weighted by molar-refractivity contribution is 6.06. The molecule has 3 aliphatic heterocycles. The maximum Gasteiger partial charge on any atom is 0.421 e. The third-order valence-electron chi connectivity index (χ3n) is 9.40. The number of alkyl halides is 3. The first-order chi connectivity index (χ1) is 21.4. The zero-order chi connectivity index (χ0) is 31.9. The fraction of sp³-hybridized carbons (Fsp3) is 0.531. The molecule has 1 aliphatic carbocycles. The minimum absolute atomic E-state index is 0.0307. The van der Waals surface area contributed by atoms with Crippen molar-refractivity contribution in [2.75, 3.05) is 49.2 Å². The molecule has 2 saturated heterocycles. The van der Waals surface area contributed by atoms with Gasteiger partial charge < -0.3 is 30.7 Å². The SMILES string of the molecule is COC1C=C(N2CCC(N3CC[C@@H](O)C3)CC2)C=CC1Nc1ncc(C(F)(F)F)c(NCc2cccc3c2C(C)(C)C(=O)N3)n1. The van der Waals surface area contributed by atoms with Crippen molar-refractivity contribution in [2.24, 2.45) is 0 Å². The van der Waals surface area contributed by atoms with E-state index >= 15 is 0 Å². The highest BCUT2D eigenvalue weighted by Gasteiger charge is 2.40. The maximum absolute atomic E-state index is 14.0. The Hall–Kier alpha value is -3.68. The van der Waals surface area contributed by atoms with Crippen LogP contribution in [-0.2, 0) is 27.7 Å². The summed E-state index contributed by atoms with van der Waals surface area (Å²) >= 11 is 0. The molecule has 45 heavy (non-hydrogen) atoms. The number of β-amino-alcohol motifs (C(OH)–C–C–N with tert-alkyl or cyclic N) is 1. The fourth-order valence-corrected chi connectivity index (χ4v) is 6.89. The zero-order valence-corrected chi connectivity index (χ0v) is 25.7. The van der Waals surface area contributed by atoms with Gasteiger partial charge in [0.05, 0.1) is 17.6 Å². The van der Waals surface area contributed by atoms with Crippen LogP contribution in [0.2, 0.25) is 0 Å². The van der Waals surface area contributed by atoms with Gasteiger partial charge in [0.1, 0.15) is 17.5 Å². The van der Waals surface area contributed by atoms with Crippen LogP contribution in [-0.4, -0.2) is 88.4 Å². The molecule has 4 heterocycles. The molecule has 3 atom stereocenters. The number of aromatic nitrogens is 2. The van der Waals surface area contributed by atoms with E-state index in [9.17, 15) is 23.1 Å². The summed E-state index contributed by atoms with van der Waals surface area (Å²) in [5.74, 6) is -0.485. The molecule has 4 N–H and O–H groups in total. The first-order valence-corrected chi connectivity index (χ1v) is 15.4. The Morgan fingerprint density at radius 3 is 2.64 bits per heavy atom. The Kier molecular flexibility index (Phi) is 8.53. The lowest BCUT2D eigenvalue weighted by Gasteiger charge is -2.39. The maximum atomic E-state index is 14.0. The Morgan fingerprint density at radius 1 is 1.18 bits per heavy atom. The van der Waals surface area contributed by atoms with E-state index in [-0.39, 0.29) is 30.3 Å². The third-order valence-corrected chi connectivity index (χ3v) is 9.40. The van der Waals surface area contributed by atoms with Crippen LogP contribution in [0.25, 0.3) is 0 Å². The third kappa shape index (κ3) is 6.38. The summed E-state index contributed by atoms with van der Waals surface area (Å²) in [4.78, 5) is 25.4. The molecule has 2 unspecified atom stereocenters. The number of amides is 1. The van der Waals surface area contributed by atoms with Crippen LogP contribution >= 0.6 is 0 Å². The molecular weight excluding hydrogens is 587 g/mol. The number of aliphatic hydroxyl groups is 1. The lowest BCUT2D eigenvalue weighted by Crippen LogP contribution is -2.44. The number of methoxy groups -OCH3 is 1. The summed E-state index contributed by atoms with van der Waals surface area (Å²) < 4.78 is 47.7. The predicted octanol–water partition coefficient (Wildman–Crippen LogP) is 4.12. The number of fused-ring (bicyclic) bond motifs is 1. The van der Waals surface area contributed by atoms with Gasteiger partial charge in [0.15, 0.2) is 0 Å². The van der Waals surface area contributed by atoms with Crippen LogP contribution < -0.4 is 16.0 Å². The number of nitrogens with zero attached hydrogens (tertiary/aromatic N) is 4. The summed E-state index contributed by atoms with van der Waals surface area (Å²) in [5, 5.41) is 18.8. The first-order valence-electron chi connectivity index (χ1n) is 15.4. The van der Waals surface area contributed by atoms with Crippen molar-refractivity contribution in [3.05, 3.63) is 65.0 Å². The van der Waals surface area contributed by atoms with E-state index in [1.165, 1.54) is 0 Å². The van der Waals surface area contributed by atoms with Gasteiger partial charge in [-0.15, -0.1) is 0 Å². The Bertz CT molecular complexity index is 1490. The number of allylic oxidation sites excluding steroid dienone is 1. The predicted molar refractivity (Wildman–Crippen MR) is 165 cm³/mol. The molecule has 2 aromatic rings. The zero-order valence-electron chi connectivity index (χ0n) is 25.7. The van der Waals surface area contributed by atoms with Crippen LogP contribution in [0.1, 0.15) is 49.8 Å². The van der Waals surface area contributed by atoms with Crippen molar-refractivity contribution in [2.45, 2.75) is 75.5 Å². The normalized spacial score (nSPS) is 25.2. The smallest absolute Gasteiger partial charge is 0.392 e. The fourth-order valence-electron chi connectivity index (χ4n) is 6.89. The number of ether oxygens (including phenoxy) is 1. The minimum atomic E-state index is -4.67. The number of hydrogen-bond acceptors (Lipinski definition) is 9. The molecule has 13 heteroatoms. The minimum Gasteiger partial charge on any atom is -0.392 e. The van der Waals surface area contributed by atoms with E-state index in [2.05, 4.69) is 35.7 Å². The number of nitrogens with one attached hydrogen (secondary N) is 3. The van der Waals surface area contributed by atoms with E-state index in [4.69, 9.17) is 4.74 Å². The quantitative estimate of drug-likeness (QED) is 0.343. The molecule has 1 aromatic carbocycles. The average molecular weight is 628 g/mol. The molecule has 1 aromatic heterocycles. The molecule has 6 rings (SSSR count). The number of halogens is 3. The summed E-state index contributed by atoms with van der Waals surface area (Å²) in [7, 11) is 1.59. The second kappa shape index (κ2) is 12.3. The van der Waals surface area contributed by atoms with Gasteiger partial charge in [-0.05, 0) is 62.5 Å². The van der Waals surface area contributed by atoms with Crippen molar-refractivity contribution in [3.63, 3.8) is 0 Å². The summed E-state index contributed by atoms with van der Waals surface area (Å²) in [6, 6.07) is 5.42. The van der Waals surface area contributed by atoms with Crippen molar-refractivity contribution < 1.29 is 27.8 Å². The van der Waals surface area contributed by atoms with Gasteiger partial charge in [0.25, 0.3) is 0 Å². The highest BCUT2D eigenvalue weighted by Crippen LogP contribution is 2.40. The topological polar surface area (TPSA) is 115 Å². The van der Waals surface area contributed by atoms with Gasteiger partial charge >= 0.3 is 6.18 Å². The largest absolute Gasteiger partial charge is 0.421 e. The molecule has 10 nitrogen and oxygen atoms in total. The van der Waals surface area contributed by atoms with E-state index in [1.807, 2.05) is 18.2 Å². The number of carbonyl (C=O) groups excluding carboxylic acids is 1. The molecule has 0 radical (unpaired) electrons. The van der Waals surface area contributed by atoms with Crippen molar-refractivity contribution in [1.29, 1.82) is 0 Å². The van der Waals surface area contributed by atoms with Gasteiger partial charge in [-0.2, -0.15) is 18.2 Å². The Balaban J connectivity index is 1.14. The molecule has 2 fully saturated rings. The molecule has 0 saturated carbocycles. The van der Waals surface area contributed by atoms with Crippen LogP contribution in [0.3, 0.4) is 0 Å². The number of aliphatic hydroxyl groups excluding tert-OH is 1. The standard InChI is InChI=1S/C32H40F3N7O3/c1-31(2)27-19(5-4-6-25(27)38-29(31)44)16-36-28-23(32(33,34)35)17-37-30(40-28)39-24-8-7-21(15-26(24)45-3)41-12-9-20(10-13-41)42-14-11-22(43)18-42/h4-8,15,17,20,22,24,26,43H,9-14,16,18H2,1-3H3,(H,38,44)(H2,36,37,39,40)/t22-,24?,26?/m1/s1. The van der Waals surface area contributed by atoms with E-state index in [0.29, 0.717) is 17.3 Å².